The predicted octanol–water partition coefficient (Wildman–Crippen LogP) is 2.31. The zero-order valence-corrected chi connectivity index (χ0v) is 13.1. The molecule has 104 valence electrons. The average Bonchev–Trinajstić information content (AvgIpc) is 2.37. The van der Waals surface area contributed by atoms with Crippen molar-refractivity contribution in [1.29, 1.82) is 0 Å². The van der Waals surface area contributed by atoms with Gasteiger partial charge in [-0.05, 0) is 35.6 Å². The fourth-order valence-electron chi connectivity index (χ4n) is 1.54. The number of rotatable bonds is 5. The molecular formula is C12H15IN2O4. The van der Waals surface area contributed by atoms with Crippen LogP contribution in [0.3, 0.4) is 0 Å². The van der Waals surface area contributed by atoms with Gasteiger partial charge in [0, 0.05) is 36.4 Å². The molecule has 0 saturated carbocycles. The van der Waals surface area contributed by atoms with Gasteiger partial charge in [-0.25, -0.2) is 0 Å². The van der Waals surface area contributed by atoms with E-state index in [1.807, 2.05) is 29.5 Å². The quantitative estimate of drug-likeness (QED) is 0.448. The molecule has 0 fully saturated rings. The Morgan fingerprint density at radius 3 is 2.74 bits per heavy atom. The molecule has 1 aromatic carbocycles. The average molecular weight is 378 g/mol. The van der Waals surface area contributed by atoms with Crippen LogP contribution >= 0.6 is 22.6 Å². The Bertz CT molecular complexity index is 493. The Labute approximate surface area is 125 Å². The first-order valence-electron chi connectivity index (χ1n) is 5.59. The molecule has 0 spiro atoms. The van der Waals surface area contributed by atoms with Crippen LogP contribution in [-0.2, 0) is 4.74 Å². The fraction of sp³-hybridized carbons (Fsp3) is 0.417. The Balaban J connectivity index is 2.98. The second-order valence-electron chi connectivity index (χ2n) is 4.15. The Morgan fingerprint density at radius 2 is 2.21 bits per heavy atom. The number of halogens is 1. The maximum Gasteiger partial charge on any atom is 0.270 e. The van der Waals surface area contributed by atoms with Crippen molar-refractivity contribution in [3.8, 4) is 0 Å². The number of likely N-dealkylation sites (N-methyl/N-ethyl adjacent to an activating group) is 1. The first-order valence-corrected chi connectivity index (χ1v) is 6.67. The van der Waals surface area contributed by atoms with Crippen molar-refractivity contribution in [2.45, 2.75) is 13.0 Å². The topological polar surface area (TPSA) is 72.7 Å². The number of methoxy groups -OCH3 is 1. The van der Waals surface area contributed by atoms with Crippen molar-refractivity contribution in [1.82, 2.24) is 4.90 Å². The maximum absolute atomic E-state index is 12.2. The van der Waals surface area contributed by atoms with Crippen molar-refractivity contribution in [2.75, 3.05) is 20.7 Å². The van der Waals surface area contributed by atoms with Crippen molar-refractivity contribution in [2.24, 2.45) is 0 Å². The summed E-state index contributed by atoms with van der Waals surface area (Å²) in [4.78, 5) is 24.0. The van der Waals surface area contributed by atoms with Crippen LogP contribution in [0.1, 0.15) is 17.3 Å². The largest absolute Gasteiger partial charge is 0.380 e. The van der Waals surface area contributed by atoms with E-state index in [9.17, 15) is 14.9 Å². The van der Waals surface area contributed by atoms with Gasteiger partial charge in [0.2, 0.25) is 0 Å². The molecule has 0 saturated heterocycles. The highest BCUT2D eigenvalue weighted by atomic mass is 127. The number of amides is 1. The molecule has 1 aromatic rings. The molecule has 6 nitrogen and oxygen atoms in total. The minimum absolute atomic E-state index is 0.0862. The van der Waals surface area contributed by atoms with Crippen molar-refractivity contribution in [3.63, 3.8) is 0 Å². The SMILES string of the molecule is COC(C)CN(C)C(=O)c1cc([N+](=O)[O-])ccc1I. The zero-order chi connectivity index (χ0) is 14.6. The molecule has 0 aliphatic rings. The van der Waals surface area contributed by atoms with Crippen molar-refractivity contribution in [3.05, 3.63) is 37.4 Å². The summed E-state index contributed by atoms with van der Waals surface area (Å²) in [5, 5.41) is 10.7. The highest BCUT2D eigenvalue weighted by Gasteiger charge is 2.19. The molecule has 1 atom stereocenters. The third-order valence-corrected chi connectivity index (χ3v) is 3.61. The summed E-state index contributed by atoms with van der Waals surface area (Å²) in [6.07, 6.45) is -0.0923. The number of carbonyl (C=O) groups is 1. The smallest absolute Gasteiger partial charge is 0.270 e. The standard InChI is InChI=1S/C12H15IN2O4/c1-8(19-3)7-14(2)12(16)10-6-9(15(17)18)4-5-11(10)13/h4-6,8H,7H2,1-3H3. The van der Waals surface area contributed by atoms with E-state index in [1.54, 1.807) is 20.2 Å². The Morgan fingerprint density at radius 1 is 1.58 bits per heavy atom. The van der Waals surface area contributed by atoms with Gasteiger partial charge in [-0.15, -0.1) is 0 Å². The summed E-state index contributed by atoms with van der Waals surface area (Å²) in [7, 11) is 3.22. The lowest BCUT2D eigenvalue weighted by Crippen LogP contribution is -2.34. The molecule has 0 heterocycles. The van der Waals surface area contributed by atoms with E-state index in [4.69, 9.17) is 4.74 Å². The van der Waals surface area contributed by atoms with E-state index in [0.29, 0.717) is 15.7 Å². The third-order valence-electron chi connectivity index (χ3n) is 2.67. The van der Waals surface area contributed by atoms with Crippen LogP contribution in [-0.4, -0.2) is 42.5 Å². The molecule has 7 heteroatoms. The first kappa shape index (κ1) is 15.8. The number of hydrogen-bond acceptors (Lipinski definition) is 4. The lowest BCUT2D eigenvalue weighted by Gasteiger charge is -2.21. The van der Waals surface area contributed by atoms with E-state index < -0.39 is 4.92 Å². The number of nitro benzene ring substituents is 1. The molecule has 1 rings (SSSR count). The van der Waals surface area contributed by atoms with Gasteiger partial charge in [-0.3, -0.25) is 14.9 Å². The minimum atomic E-state index is -0.509. The molecule has 19 heavy (non-hydrogen) atoms. The van der Waals surface area contributed by atoms with E-state index >= 15 is 0 Å². The summed E-state index contributed by atoms with van der Waals surface area (Å²) < 4.78 is 5.78. The van der Waals surface area contributed by atoms with Crippen LogP contribution in [0.25, 0.3) is 0 Å². The van der Waals surface area contributed by atoms with Gasteiger partial charge in [0.15, 0.2) is 0 Å². The van der Waals surface area contributed by atoms with Gasteiger partial charge >= 0.3 is 0 Å². The Kier molecular flexibility index (Phi) is 5.67. The van der Waals surface area contributed by atoms with E-state index in [1.165, 1.54) is 17.0 Å². The monoisotopic (exact) mass is 378 g/mol. The summed E-state index contributed by atoms with van der Waals surface area (Å²) in [6.45, 7) is 2.27. The number of carbonyl (C=O) groups excluding carboxylic acids is 1. The molecule has 0 radical (unpaired) electrons. The van der Waals surface area contributed by atoms with E-state index in [-0.39, 0.29) is 17.7 Å². The number of ether oxygens (including phenoxy) is 1. The molecule has 0 aliphatic carbocycles. The number of non-ortho nitro benzene ring substituents is 1. The van der Waals surface area contributed by atoms with Gasteiger partial charge in [0.05, 0.1) is 16.6 Å². The van der Waals surface area contributed by atoms with E-state index in [0.717, 1.165) is 0 Å². The molecule has 0 aromatic heterocycles. The first-order chi connectivity index (χ1) is 8.86. The third kappa shape index (κ3) is 4.13. The second kappa shape index (κ2) is 6.80. The van der Waals surface area contributed by atoms with Gasteiger partial charge in [-0.1, -0.05) is 0 Å². The number of benzene rings is 1. The number of nitro groups is 1. The summed E-state index contributed by atoms with van der Waals surface area (Å²) in [6, 6.07) is 4.26. The molecule has 0 N–H and O–H groups in total. The second-order valence-corrected chi connectivity index (χ2v) is 5.32. The van der Waals surface area contributed by atoms with Crippen LogP contribution in [0, 0.1) is 13.7 Å². The number of hydrogen-bond donors (Lipinski definition) is 0. The molecular weight excluding hydrogens is 363 g/mol. The highest BCUT2D eigenvalue weighted by molar-refractivity contribution is 14.1. The van der Waals surface area contributed by atoms with E-state index in [2.05, 4.69) is 0 Å². The summed E-state index contributed by atoms with van der Waals surface area (Å²) in [5.74, 6) is -0.253. The van der Waals surface area contributed by atoms with Crippen LogP contribution < -0.4 is 0 Å². The molecule has 0 bridgehead atoms. The van der Waals surface area contributed by atoms with Crippen molar-refractivity contribution >= 4 is 34.2 Å². The summed E-state index contributed by atoms with van der Waals surface area (Å²) in [5.41, 5.74) is 0.248. The van der Waals surface area contributed by atoms with Gasteiger partial charge in [-0.2, -0.15) is 0 Å². The maximum atomic E-state index is 12.2. The lowest BCUT2D eigenvalue weighted by atomic mass is 10.1. The van der Waals surface area contributed by atoms with Gasteiger partial charge in [0.1, 0.15) is 0 Å². The van der Waals surface area contributed by atoms with Gasteiger partial charge < -0.3 is 9.64 Å². The summed E-state index contributed by atoms with van der Waals surface area (Å²) >= 11 is 1.99. The van der Waals surface area contributed by atoms with Crippen LogP contribution in [0.2, 0.25) is 0 Å². The Hall–Kier alpha value is -1.22. The molecule has 1 unspecified atom stereocenters. The van der Waals surface area contributed by atoms with Crippen molar-refractivity contribution < 1.29 is 14.5 Å². The van der Waals surface area contributed by atoms with Crippen LogP contribution in [0.5, 0.6) is 0 Å². The lowest BCUT2D eigenvalue weighted by molar-refractivity contribution is -0.384. The zero-order valence-electron chi connectivity index (χ0n) is 10.9. The van der Waals surface area contributed by atoms with Crippen LogP contribution in [0.15, 0.2) is 18.2 Å². The fourth-order valence-corrected chi connectivity index (χ4v) is 2.11. The minimum Gasteiger partial charge on any atom is -0.380 e. The molecule has 1 amide bonds. The number of nitrogens with zero attached hydrogens (tertiary/aromatic N) is 2. The predicted molar refractivity (Wildman–Crippen MR) is 79.2 cm³/mol. The molecule has 0 aliphatic heterocycles. The highest BCUT2D eigenvalue weighted by Crippen LogP contribution is 2.20. The normalized spacial score (nSPS) is 12.0. The van der Waals surface area contributed by atoms with Crippen LogP contribution in [0.4, 0.5) is 5.69 Å². The van der Waals surface area contributed by atoms with Gasteiger partial charge in [0.25, 0.3) is 11.6 Å².